The SMILES string of the molecule is C1=C(C2=NC(c3ccncc3)=CC(C3CC=C(c4cc[nH]c4)CC3)C2)CCC(n2c3ccccc3c3c4c(ccc32)CCO4)=C1. The van der Waals surface area contributed by atoms with Crippen LogP contribution in [0.25, 0.3) is 38.8 Å². The molecule has 2 aromatic carbocycles. The summed E-state index contributed by atoms with van der Waals surface area (Å²) in [5.41, 5.74) is 12.8. The molecule has 0 radical (unpaired) electrons. The fraction of sp³-hybridized carbons (Fsp3) is 0.250. The number of hydrogen-bond donors (Lipinski definition) is 1. The molecule has 4 aliphatic rings. The molecule has 2 atom stereocenters. The third-order valence-corrected chi connectivity index (χ3v) is 10.3. The van der Waals surface area contributed by atoms with Gasteiger partial charge in [-0.15, -0.1) is 0 Å². The van der Waals surface area contributed by atoms with Gasteiger partial charge < -0.3 is 14.3 Å². The van der Waals surface area contributed by atoms with Crippen molar-refractivity contribution in [3.8, 4) is 5.75 Å². The fourth-order valence-corrected chi connectivity index (χ4v) is 7.99. The molecule has 5 nitrogen and oxygen atoms in total. The highest BCUT2D eigenvalue weighted by Crippen LogP contribution is 2.44. The van der Waals surface area contributed by atoms with E-state index >= 15 is 0 Å². The van der Waals surface area contributed by atoms with Gasteiger partial charge in [0.25, 0.3) is 0 Å². The molecule has 5 heteroatoms. The average molecular weight is 589 g/mol. The van der Waals surface area contributed by atoms with Gasteiger partial charge in [-0.25, -0.2) is 0 Å². The molecular weight excluding hydrogens is 552 g/mol. The number of aliphatic imine (C=N–C) groups is 1. The average Bonchev–Trinajstić information content (AvgIpc) is 3.88. The van der Waals surface area contributed by atoms with Gasteiger partial charge in [0.15, 0.2) is 0 Å². The standard InChI is InChI=1S/C40H36N4O/c1-2-4-37-34(3-1)39-38(14-11-30-18-22-45-40(30)39)44(37)33-12-9-28(10-13-33)35-23-32(24-36(43-35)29-15-19-41-20-16-29)27-7-5-26(6-8-27)31-17-21-42-25-31/h1-5,9,11-12,14-17,19-21,24-25,27,32,42H,6-8,10,13,18,22-23H2. The first-order valence-corrected chi connectivity index (χ1v) is 16.4. The molecule has 9 rings (SSSR count). The van der Waals surface area contributed by atoms with Gasteiger partial charge in [0, 0.05) is 53.6 Å². The van der Waals surface area contributed by atoms with Crippen LogP contribution >= 0.6 is 0 Å². The molecular formula is C40H36N4O. The topological polar surface area (TPSA) is 55.2 Å². The van der Waals surface area contributed by atoms with Crippen molar-refractivity contribution in [2.45, 2.75) is 44.9 Å². The number of nitrogens with zero attached hydrogens (tertiary/aromatic N) is 3. The largest absolute Gasteiger partial charge is 0.492 e. The predicted molar refractivity (Wildman–Crippen MR) is 184 cm³/mol. The molecule has 2 aliphatic heterocycles. The number of hydrogen-bond acceptors (Lipinski definition) is 3. The van der Waals surface area contributed by atoms with Crippen molar-refractivity contribution in [3.63, 3.8) is 0 Å². The third-order valence-electron chi connectivity index (χ3n) is 10.3. The summed E-state index contributed by atoms with van der Waals surface area (Å²) >= 11 is 0. The van der Waals surface area contributed by atoms with E-state index in [9.17, 15) is 0 Å². The van der Waals surface area contributed by atoms with Crippen LogP contribution < -0.4 is 4.74 Å². The summed E-state index contributed by atoms with van der Waals surface area (Å²) in [7, 11) is 0. The minimum Gasteiger partial charge on any atom is -0.492 e. The number of fused-ring (bicyclic) bond motifs is 5. The van der Waals surface area contributed by atoms with Crippen LogP contribution in [0.5, 0.6) is 5.75 Å². The number of benzene rings is 2. The fourth-order valence-electron chi connectivity index (χ4n) is 7.99. The molecule has 3 aromatic heterocycles. The van der Waals surface area contributed by atoms with Crippen molar-refractivity contribution in [1.29, 1.82) is 0 Å². The van der Waals surface area contributed by atoms with Crippen LogP contribution in [0.2, 0.25) is 0 Å². The van der Waals surface area contributed by atoms with Gasteiger partial charge in [-0.1, -0.05) is 42.5 Å². The normalized spacial score (nSPS) is 21.5. The first-order chi connectivity index (χ1) is 22.3. The van der Waals surface area contributed by atoms with Gasteiger partial charge in [-0.3, -0.25) is 9.98 Å². The van der Waals surface area contributed by atoms with Crippen molar-refractivity contribution in [1.82, 2.24) is 14.5 Å². The Bertz CT molecular complexity index is 2090. The Morgan fingerprint density at radius 1 is 0.844 bits per heavy atom. The van der Waals surface area contributed by atoms with Gasteiger partial charge in [0.1, 0.15) is 5.75 Å². The minimum absolute atomic E-state index is 0.468. The Labute approximate surface area is 263 Å². The predicted octanol–water partition coefficient (Wildman–Crippen LogP) is 9.40. The molecule has 2 unspecified atom stereocenters. The molecule has 0 bridgehead atoms. The lowest BCUT2D eigenvalue weighted by molar-refractivity contribution is 0.360. The smallest absolute Gasteiger partial charge is 0.132 e. The summed E-state index contributed by atoms with van der Waals surface area (Å²) in [6, 6.07) is 19.7. The number of ether oxygens (including phenoxy) is 1. The van der Waals surface area contributed by atoms with Crippen LogP contribution in [-0.2, 0) is 6.42 Å². The molecule has 2 aliphatic carbocycles. The molecule has 5 heterocycles. The van der Waals surface area contributed by atoms with Crippen LogP contribution in [0.3, 0.4) is 0 Å². The zero-order chi connectivity index (χ0) is 29.7. The van der Waals surface area contributed by atoms with E-state index in [0.29, 0.717) is 11.8 Å². The van der Waals surface area contributed by atoms with Gasteiger partial charge in [-0.2, -0.15) is 0 Å². The summed E-state index contributed by atoms with van der Waals surface area (Å²) in [6.45, 7) is 0.771. The van der Waals surface area contributed by atoms with Crippen molar-refractivity contribution in [2.24, 2.45) is 16.8 Å². The number of para-hydroxylation sites is 1. The number of pyridine rings is 1. The van der Waals surface area contributed by atoms with Gasteiger partial charge in [-0.05, 0) is 109 Å². The van der Waals surface area contributed by atoms with E-state index in [4.69, 9.17) is 9.73 Å². The number of aromatic amines is 1. The number of aromatic nitrogens is 3. The van der Waals surface area contributed by atoms with Crippen LogP contribution in [0, 0.1) is 11.8 Å². The molecule has 0 fully saturated rings. The Hall–Kier alpha value is -4.90. The summed E-state index contributed by atoms with van der Waals surface area (Å²) in [4.78, 5) is 12.8. The maximum atomic E-state index is 6.17. The summed E-state index contributed by atoms with van der Waals surface area (Å²) in [5, 5.41) is 2.53. The summed E-state index contributed by atoms with van der Waals surface area (Å²) in [6.07, 6.45) is 24.9. The lowest BCUT2D eigenvalue weighted by atomic mass is 9.75. The first kappa shape index (κ1) is 26.5. The van der Waals surface area contributed by atoms with E-state index in [-0.39, 0.29) is 0 Å². The second-order valence-corrected chi connectivity index (χ2v) is 12.8. The molecule has 45 heavy (non-hydrogen) atoms. The first-order valence-electron chi connectivity index (χ1n) is 16.4. The van der Waals surface area contributed by atoms with Crippen molar-refractivity contribution >= 4 is 44.5 Å². The third kappa shape index (κ3) is 4.61. The van der Waals surface area contributed by atoms with Gasteiger partial charge in [0.05, 0.1) is 28.7 Å². The zero-order valence-corrected chi connectivity index (χ0v) is 25.4. The van der Waals surface area contributed by atoms with Crippen LogP contribution in [0.1, 0.15) is 55.2 Å². The van der Waals surface area contributed by atoms with Crippen LogP contribution in [0.4, 0.5) is 0 Å². The Morgan fingerprint density at radius 2 is 1.78 bits per heavy atom. The Kier molecular flexibility index (Phi) is 6.43. The van der Waals surface area contributed by atoms with E-state index in [0.717, 1.165) is 62.1 Å². The van der Waals surface area contributed by atoms with E-state index in [1.165, 1.54) is 61.9 Å². The highest BCUT2D eigenvalue weighted by Gasteiger charge is 2.30. The molecule has 222 valence electrons. The molecule has 0 saturated carbocycles. The number of rotatable bonds is 5. The number of allylic oxidation sites excluding steroid dienone is 7. The van der Waals surface area contributed by atoms with Gasteiger partial charge >= 0.3 is 0 Å². The maximum Gasteiger partial charge on any atom is 0.132 e. The van der Waals surface area contributed by atoms with E-state index in [1.807, 2.05) is 18.6 Å². The second kappa shape index (κ2) is 10.9. The molecule has 5 aromatic rings. The Balaban J connectivity index is 1.06. The second-order valence-electron chi connectivity index (χ2n) is 12.8. The molecule has 1 N–H and O–H groups in total. The number of nitrogens with one attached hydrogen (secondary N) is 1. The summed E-state index contributed by atoms with van der Waals surface area (Å²) < 4.78 is 8.64. The highest BCUT2D eigenvalue weighted by atomic mass is 16.5. The van der Waals surface area contributed by atoms with Gasteiger partial charge in [0.2, 0.25) is 0 Å². The zero-order valence-electron chi connectivity index (χ0n) is 25.4. The molecule has 0 saturated heterocycles. The van der Waals surface area contributed by atoms with Crippen molar-refractivity contribution < 1.29 is 4.74 Å². The maximum absolute atomic E-state index is 6.17. The molecule has 0 spiro atoms. The van der Waals surface area contributed by atoms with E-state index in [1.54, 1.807) is 0 Å². The minimum atomic E-state index is 0.468. The Morgan fingerprint density at radius 3 is 2.60 bits per heavy atom. The van der Waals surface area contributed by atoms with Crippen molar-refractivity contribution in [2.75, 3.05) is 6.61 Å². The van der Waals surface area contributed by atoms with Crippen LogP contribution in [-0.4, -0.2) is 26.9 Å². The van der Waals surface area contributed by atoms with E-state index in [2.05, 4.69) is 99.6 Å². The number of H-pyrrole nitrogens is 1. The van der Waals surface area contributed by atoms with Crippen LogP contribution in [0.15, 0.2) is 114 Å². The lowest BCUT2D eigenvalue weighted by Crippen LogP contribution is -2.23. The lowest BCUT2D eigenvalue weighted by Gasteiger charge is -2.32. The molecule has 0 amide bonds. The van der Waals surface area contributed by atoms with Crippen molar-refractivity contribution in [3.05, 3.63) is 126 Å². The van der Waals surface area contributed by atoms with E-state index < -0.39 is 0 Å². The monoisotopic (exact) mass is 588 g/mol. The highest BCUT2D eigenvalue weighted by molar-refractivity contribution is 6.14. The quantitative estimate of drug-likeness (QED) is 0.222. The summed E-state index contributed by atoms with van der Waals surface area (Å²) in [5.74, 6) is 2.16.